The van der Waals surface area contributed by atoms with Crippen molar-refractivity contribution >= 4 is 29.1 Å². The van der Waals surface area contributed by atoms with Crippen LogP contribution in [0.2, 0.25) is 0 Å². The predicted octanol–water partition coefficient (Wildman–Crippen LogP) is 1.11. The van der Waals surface area contributed by atoms with Crippen molar-refractivity contribution in [3.63, 3.8) is 0 Å². The van der Waals surface area contributed by atoms with Crippen LogP contribution in [0.5, 0.6) is 0 Å². The molecule has 0 aliphatic carbocycles. The van der Waals surface area contributed by atoms with Crippen LogP contribution in [0.1, 0.15) is 11.1 Å². The van der Waals surface area contributed by atoms with Gasteiger partial charge in [0, 0.05) is 0 Å². The third-order valence-electron chi connectivity index (χ3n) is 1.96. The molecule has 6 heteroatoms. The van der Waals surface area contributed by atoms with Crippen LogP contribution in [0.25, 0.3) is 0 Å². The summed E-state index contributed by atoms with van der Waals surface area (Å²) in [7, 11) is 0. The molecule has 84 valence electrons. The molecule has 1 aromatic rings. The lowest BCUT2D eigenvalue weighted by molar-refractivity contribution is -0.116. The fourth-order valence-electron chi connectivity index (χ4n) is 1.22. The lowest BCUT2D eigenvalue weighted by Crippen LogP contribution is -2.19. The summed E-state index contributed by atoms with van der Waals surface area (Å²) in [6.07, 6.45) is 1.54. The number of thioether (sulfide) groups is 1. The van der Waals surface area contributed by atoms with Crippen molar-refractivity contribution < 1.29 is 4.79 Å². The molecule has 1 aliphatic heterocycles. The molecular weight excluding hydrogens is 236 g/mol. The highest BCUT2D eigenvalue weighted by Crippen LogP contribution is 2.08. The molecule has 1 amide bonds. The maximum Gasteiger partial charge on any atom is 0.236 e. The third kappa shape index (κ3) is 3.16. The van der Waals surface area contributed by atoms with E-state index in [0.717, 1.165) is 5.56 Å². The number of amidine groups is 1. The molecule has 1 fully saturated rings. The van der Waals surface area contributed by atoms with E-state index in [4.69, 9.17) is 5.26 Å². The van der Waals surface area contributed by atoms with Crippen molar-refractivity contribution in [3.05, 3.63) is 35.4 Å². The highest BCUT2D eigenvalue weighted by molar-refractivity contribution is 8.15. The van der Waals surface area contributed by atoms with Crippen LogP contribution < -0.4 is 5.32 Å². The molecule has 0 saturated carbocycles. The summed E-state index contributed by atoms with van der Waals surface area (Å²) >= 11 is 1.32. The molecule has 1 aliphatic rings. The van der Waals surface area contributed by atoms with Gasteiger partial charge in [0.25, 0.3) is 0 Å². The Kier molecular flexibility index (Phi) is 3.52. The zero-order valence-electron chi connectivity index (χ0n) is 8.75. The van der Waals surface area contributed by atoms with Crippen LogP contribution in [0.15, 0.2) is 34.5 Å². The van der Waals surface area contributed by atoms with Crippen molar-refractivity contribution in [1.29, 1.82) is 5.26 Å². The number of nitrogens with one attached hydrogen (secondary N) is 1. The average Bonchev–Trinajstić information content (AvgIpc) is 2.75. The Bertz CT molecular complexity index is 545. The smallest absolute Gasteiger partial charge is 0.236 e. The molecule has 0 bridgehead atoms. The van der Waals surface area contributed by atoms with Gasteiger partial charge in [-0.2, -0.15) is 10.4 Å². The first kappa shape index (κ1) is 11.4. The largest absolute Gasteiger partial charge is 0.303 e. The molecule has 0 unspecified atom stereocenters. The second-order valence-electron chi connectivity index (χ2n) is 3.22. The molecule has 1 heterocycles. The lowest BCUT2D eigenvalue weighted by atomic mass is 10.1. The van der Waals surface area contributed by atoms with Crippen LogP contribution in [0.3, 0.4) is 0 Å². The summed E-state index contributed by atoms with van der Waals surface area (Å²) in [6.45, 7) is 0. The molecular formula is C11H8N4OS. The minimum Gasteiger partial charge on any atom is -0.303 e. The quantitative estimate of drug-likeness (QED) is 0.625. The Morgan fingerprint density at radius 3 is 3.12 bits per heavy atom. The lowest BCUT2D eigenvalue weighted by Gasteiger charge is -1.92. The fourth-order valence-corrected chi connectivity index (χ4v) is 1.85. The second-order valence-corrected chi connectivity index (χ2v) is 4.19. The minimum atomic E-state index is -0.0598. The summed E-state index contributed by atoms with van der Waals surface area (Å²) in [5.41, 5.74) is 1.37. The van der Waals surface area contributed by atoms with Crippen molar-refractivity contribution in [2.24, 2.45) is 10.2 Å². The van der Waals surface area contributed by atoms with Crippen LogP contribution in [-0.2, 0) is 4.79 Å². The van der Waals surface area contributed by atoms with E-state index in [2.05, 4.69) is 15.5 Å². The molecule has 0 radical (unpaired) electrons. The first-order chi connectivity index (χ1) is 8.28. The Morgan fingerprint density at radius 2 is 2.41 bits per heavy atom. The Labute approximate surface area is 102 Å². The number of amides is 1. The van der Waals surface area contributed by atoms with E-state index in [1.165, 1.54) is 11.8 Å². The molecule has 1 N–H and O–H groups in total. The fraction of sp³-hybridized carbons (Fsp3) is 0.0909. The molecule has 2 rings (SSSR count). The molecule has 1 aromatic carbocycles. The highest BCUT2D eigenvalue weighted by atomic mass is 32.2. The topological polar surface area (TPSA) is 77.6 Å². The third-order valence-corrected chi connectivity index (χ3v) is 2.82. The van der Waals surface area contributed by atoms with Crippen molar-refractivity contribution in [3.8, 4) is 6.07 Å². The molecule has 1 saturated heterocycles. The number of hydrogen-bond donors (Lipinski definition) is 1. The van der Waals surface area contributed by atoms with Gasteiger partial charge in [-0.25, -0.2) is 0 Å². The van der Waals surface area contributed by atoms with Gasteiger partial charge < -0.3 is 5.32 Å². The molecule has 0 spiro atoms. The number of nitriles is 1. The number of carbonyl (C=O) groups excluding carboxylic acids is 1. The number of carbonyl (C=O) groups is 1. The summed E-state index contributed by atoms with van der Waals surface area (Å²) in [4.78, 5) is 10.9. The number of benzene rings is 1. The summed E-state index contributed by atoms with van der Waals surface area (Å²) < 4.78 is 0. The zero-order chi connectivity index (χ0) is 12.1. The van der Waals surface area contributed by atoms with Gasteiger partial charge in [-0.1, -0.05) is 23.9 Å². The number of rotatable bonds is 2. The first-order valence-electron chi connectivity index (χ1n) is 4.82. The van der Waals surface area contributed by atoms with Gasteiger partial charge in [-0.15, -0.1) is 5.10 Å². The summed E-state index contributed by atoms with van der Waals surface area (Å²) in [5, 5.41) is 19.5. The van der Waals surface area contributed by atoms with E-state index < -0.39 is 0 Å². The van der Waals surface area contributed by atoms with Gasteiger partial charge in [0.2, 0.25) is 5.91 Å². The standard InChI is InChI=1S/C11H8N4OS/c12-5-8-2-1-3-9(4-8)6-13-15-11-14-10(16)7-17-11/h1-4,6H,7H2,(H,14,15,16). The first-order valence-corrected chi connectivity index (χ1v) is 5.80. The van der Waals surface area contributed by atoms with Gasteiger partial charge in [0.15, 0.2) is 5.17 Å². The van der Waals surface area contributed by atoms with Crippen LogP contribution in [-0.4, -0.2) is 23.0 Å². The number of nitrogens with zero attached hydrogens (tertiary/aromatic N) is 3. The summed E-state index contributed by atoms with van der Waals surface area (Å²) in [5.74, 6) is 0.327. The SMILES string of the molecule is N#Cc1cccc(C=NN=C2NC(=O)CS2)c1. The maximum atomic E-state index is 10.9. The molecule has 17 heavy (non-hydrogen) atoms. The monoisotopic (exact) mass is 244 g/mol. The van der Waals surface area contributed by atoms with Gasteiger partial charge in [0.05, 0.1) is 23.6 Å². The normalized spacial score (nSPS) is 17.4. The van der Waals surface area contributed by atoms with Crippen LogP contribution in [0.4, 0.5) is 0 Å². The highest BCUT2D eigenvalue weighted by Gasteiger charge is 2.15. The van der Waals surface area contributed by atoms with E-state index in [-0.39, 0.29) is 5.91 Å². The second kappa shape index (κ2) is 5.27. The minimum absolute atomic E-state index is 0.0598. The Balaban J connectivity index is 2.05. The average molecular weight is 244 g/mol. The van der Waals surface area contributed by atoms with E-state index in [1.54, 1.807) is 24.4 Å². The Morgan fingerprint density at radius 1 is 1.53 bits per heavy atom. The van der Waals surface area contributed by atoms with E-state index in [0.29, 0.717) is 16.5 Å². The van der Waals surface area contributed by atoms with Crippen molar-refractivity contribution in [2.75, 3.05) is 5.75 Å². The maximum absolute atomic E-state index is 10.9. The predicted molar refractivity (Wildman–Crippen MR) is 66.8 cm³/mol. The molecule has 5 nitrogen and oxygen atoms in total. The molecule has 0 atom stereocenters. The zero-order valence-corrected chi connectivity index (χ0v) is 9.57. The molecule has 0 aromatic heterocycles. The van der Waals surface area contributed by atoms with E-state index in [1.807, 2.05) is 12.1 Å². The van der Waals surface area contributed by atoms with Gasteiger partial charge >= 0.3 is 0 Å². The van der Waals surface area contributed by atoms with E-state index in [9.17, 15) is 4.79 Å². The summed E-state index contributed by atoms with van der Waals surface area (Å²) in [6, 6.07) is 9.08. The van der Waals surface area contributed by atoms with E-state index >= 15 is 0 Å². The number of hydrogen-bond acceptors (Lipinski definition) is 5. The van der Waals surface area contributed by atoms with Gasteiger partial charge in [0.1, 0.15) is 0 Å². The van der Waals surface area contributed by atoms with Crippen LogP contribution >= 0.6 is 11.8 Å². The Hall–Kier alpha value is -2.13. The van der Waals surface area contributed by atoms with Gasteiger partial charge in [-0.05, 0) is 17.7 Å². The van der Waals surface area contributed by atoms with Gasteiger partial charge in [-0.3, -0.25) is 4.79 Å². The van der Waals surface area contributed by atoms with Crippen LogP contribution in [0, 0.1) is 11.3 Å². The van der Waals surface area contributed by atoms with Crippen molar-refractivity contribution in [1.82, 2.24) is 5.32 Å². The van der Waals surface area contributed by atoms with Crippen molar-refractivity contribution in [2.45, 2.75) is 0 Å².